The summed E-state index contributed by atoms with van der Waals surface area (Å²) < 4.78 is 6.09. The van der Waals surface area contributed by atoms with Gasteiger partial charge in [-0.15, -0.1) is 0 Å². The molecule has 1 aromatic carbocycles. The molecule has 2 nitrogen and oxygen atoms in total. The van der Waals surface area contributed by atoms with E-state index in [0.717, 1.165) is 18.6 Å². The molecule has 19 heavy (non-hydrogen) atoms. The van der Waals surface area contributed by atoms with Crippen LogP contribution in [0.4, 0.5) is 0 Å². The summed E-state index contributed by atoms with van der Waals surface area (Å²) in [4.78, 5) is 2.60. The zero-order chi connectivity index (χ0) is 13.0. The standard InChI is InChI=1S/C17H23NO/c1-3-5-13-14-10-12-6-4-7-15-16(12)17(13,11-19-15)8-9-18(14)2/h4,6-7,13-14H,3,5,8-11H2,1-2H3/t13-,14?,17+/m0/s1. The maximum Gasteiger partial charge on any atom is 0.123 e. The van der Waals surface area contributed by atoms with Crippen molar-refractivity contribution in [1.29, 1.82) is 0 Å². The highest BCUT2D eigenvalue weighted by Crippen LogP contribution is 2.56. The Morgan fingerprint density at radius 3 is 3.16 bits per heavy atom. The van der Waals surface area contributed by atoms with E-state index in [9.17, 15) is 0 Å². The predicted molar refractivity (Wildman–Crippen MR) is 76.8 cm³/mol. The van der Waals surface area contributed by atoms with Crippen molar-refractivity contribution in [1.82, 2.24) is 4.90 Å². The summed E-state index contributed by atoms with van der Waals surface area (Å²) in [7, 11) is 2.31. The molecule has 0 saturated carbocycles. The fourth-order valence-corrected chi connectivity index (χ4v) is 4.91. The normalized spacial score (nSPS) is 35.9. The molecule has 0 radical (unpaired) electrons. The lowest BCUT2D eigenvalue weighted by Crippen LogP contribution is -2.59. The monoisotopic (exact) mass is 257 g/mol. The van der Waals surface area contributed by atoms with Crippen LogP contribution in [0.2, 0.25) is 0 Å². The summed E-state index contributed by atoms with van der Waals surface area (Å²) in [5.41, 5.74) is 3.47. The molecule has 3 aliphatic rings. The second-order valence-corrected chi connectivity index (χ2v) is 6.63. The van der Waals surface area contributed by atoms with Gasteiger partial charge in [0.2, 0.25) is 0 Å². The molecule has 2 bridgehead atoms. The van der Waals surface area contributed by atoms with E-state index in [1.54, 1.807) is 11.1 Å². The summed E-state index contributed by atoms with van der Waals surface area (Å²) in [6.07, 6.45) is 5.12. The molecule has 1 spiro atoms. The van der Waals surface area contributed by atoms with Crippen molar-refractivity contribution in [2.24, 2.45) is 5.92 Å². The number of ether oxygens (including phenoxy) is 1. The first-order valence-electron chi connectivity index (χ1n) is 7.71. The van der Waals surface area contributed by atoms with E-state index in [1.807, 2.05) is 0 Å². The number of likely N-dealkylation sites (N-methyl/N-ethyl adjacent to an activating group) is 1. The highest BCUT2D eigenvalue weighted by Gasteiger charge is 2.56. The van der Waals surface area contributed by atoms with Gasteiger partial charge in [0.25, 0.3) is 0 Å². The Morgan fingerprint density at radius 1 is 1.42 bits per heavy atom. The third-order valence-corrected chi connectivity index (χ3v) is 5.78. The molecule has 102 valence electrons. The lowest BCUT2D eigenvalue weighted by atomic mass is 9.57. The summed E-state index contributed by atoms with van der Waals surface area (Å²) in [5, 5.41) is 0. The predicted octanol–water partition coefficient (Wildman–Crippen LogP) is 2.99. The van der Waals surface area contributed by atoms with E-state index >= 15 is 0 Å². The summed E-state index contributed by atoms with van der Waals surface area (Å²) >= 11 is 0. The highest BCUT2D eigenvalue weighted by molar-refractivity contribution is 5.52. The van der Waals surface area contributed by atoms with Crippen LogP contribution in [0, 0.1) is 5.92 Å². The minimum Gasteiger partial charge on any atom is -0.492 e. The molecular formula is C17H23NO. The van der Waals surface area contributed by atoms with Crippen molar-refractivity contribution in [3.05, 3.63) is 29.3 Å². The van der Waals surface area contributed by atoms with Crippen molar-refractivity contribution >= 4 is 0 Å². The Balaban J connectivity index is 1.90. The molecule has 2 heteroatoms. The van der Waals surface area contributed by atoms with Crippen LogP contribution in [0.15, 0.2) is 18.2 Å². The number of rotatable bonds is 2. The van der Waals surface area contributed by atoms with Gasteiger partial charge < -0.3 is 9.64 Å². The van der Waals surface area contributed by atoms with Crippen LogP contribution >= 0.6 is 0 Å². The van der Waals surface area contributed by atoms with E-state index in [1.165, 1.54) is 38.0 Å². The molecule has 1 aliphatic carbocycles. The smallest absolute Gasteiger partial charge is 0.123 e. The van der Waals surface area contributed by atoms with E-state index in [0.29, 0.717) is 5.41 Å². The number of hydrogen-bond acceptors (Lipinski definition) is 2. The van der Waals surface area contributed by atoms with Gasteiger partial charge in [0.05, 0.1) is 6.61 Å². The quantitative estimate of drug-likeness (QED) is 0.807. The SMILES string of the molecule is CCC[C@H]1C2Cc3cccc4c3[C@]1(CCN2C)CO4. The number of likely N-dealkylation sites (tertiary alicyclic amines) is 1. The molecule has 1 aromatic rings. The fourth-order valence-electron chi connectivity index (χ4n) is 4.91. The van der Waals surface area contributed by atoms with Gasteiger partial charge in [-0.1, -0.05) is 25.5 Å². The van der Waals surface area contributed by atoms with Crippen molar-refractivity contribution in [3.63, 3.8) is 0 Å². The van der Waals surface area contributed by atoms with Crippen LogP contribution in [0.25, 0.3) is 0 Å². The Bertz CT molecular complexity index is 512. The molecule has 0 amide bonds. The first-order valence-corrected chi connectivity index (χ1v) is 7.71. The van der Waals surface area contributed by atoms with Crippen LogP contribution < -0.4 is 4.74 Å². The Kier molecular flexibility index (Phi) is 2.47. The molecule has 0 N–H and O–H groups in total. The fraction of sp³-hybridized carbons (Fsp3) is 0.647. The summed E-state index contributed by atoms with van der Waals surface area (Å²) in [5.74, 6) is 1.97. The Morgan fingerprint density at radius 2 is 2.32 bits per heavy atom. The van der Waals surface area contributed by atoms with Crippen LogP contribution in [0.3, 0.4) is 0 Å². The lowest BCUT2D eigenvalue weighted by molar-refractivity contribution is 0.0164. The topological polar surface area (TPSA) is 12.5 Å². The van der Waals surface area contributed by atoms with Gasteiger partial charge in [0.15, 0.2) is 0 Å². The van der Waals surface area contributed by atoms with Crippen LogP contribution in [0.1, 0.15) is 37.3 Å². The van der Waals surface area contributed by atoms with Gasteiger partial charge >= 0.3 is 0 Å². The molecule has 0 aromatic heterocycles. The van der Waals surface area contributed by atoms with Crippen molar-refractivity contribution in [2.45, 2.75) is 44.1 Å². The maximum absolute atomic E-state index is 6.09. The van der Waals surface area contributed by atoms with E-state index in [2.05, 4.69) is 37.1 Å². The van der Waals surface area contributed by atoms with Gasteiger partial charge in [-0.3, -0.25) is 0 Å². The van der Waals surface area contributed by atoms with Crippen LogP contribution in [-0.4, -0.2) is 31.1 Å². The second-order valence-electron chi connectivity index (χ2n) is 6.63. The molecule has 2 heterocycles. The first-order chi connectivity index (χ1) is 9.26. The van der Waals surface area contributed by atoms with E-state index in [-0.39, 0.29) is 0 Å². The molecule has 2 aliphatic heterocycles. The molecule has 1 fully saturated rings. The summed E-state index contributed by atoms with van der Waals surface area (Å²) in [6, 6.07) is 7.40. The van der Waals surface area contributed by atoms with Crippen molar-refractivity contribution < 1.29 is 4.74 Å². The first kappa shape index (κ1) is 11.8. The zero-order valence-electron chi connectivity index (χ0n) is 12.0. The third kappa shape index (κ3) is 1.41. The van der Waals surface area contributed by atoms with Gasteiger partial charge in [-0.25, -0.2) is 0 Å². The van der Waals surface area contributed by atoms with Crippen LogP contribution in [0.5, 0.6) is 5.75 Å². The molecule has 1 saturated heterocycles. The average molecular weight is 257 g/mol. The molecule has 3 atom stereocenters. The number of piperidine rings is 1. The van der Waals surface area contributed by atoms with Crippen molar-refractivity contribution in [2.75, 3.05) is 20.2 Å². The van der Waals surface area contributed by atoms with Crippen LogP contribution in [-0.2, 0) is 11.8 Å². The summed E-state index contributed by atoms with van der Waals surface area (Å²) in [6.45, 7) is 4.47. The number of hydrogen-bond donors (Lipinski definition) is 0. The van der Waals surface area contributed by atoms with Gasteiger partial charge in [0, 0.05) is 17.0 Å². The molecular weight excluding hydrogens is 234 g/mol. The average Bonchev–Trinajstić information content (AvgIpc) is 2.79. The van der Waals surface area contributed by atoms with Gasteiger partial charge in [0.1, 0.15) is 5.75 Å². The van der Waals surface area contributed by atoms with Gasteiger partial charge in [-0.05, 0) is 50.4 Å². The number of nitrogens with zero attached hydrogens (tertiary/aromatic N) is 1. The molecule has 1 unspecified atom stereocenters. The number of benzene rings is 1. The Hall–Kier alpha value is -1.02. The maximum atomic E-state index is 6.09. The second kappa shape index (κ2) is 3.99. The molecule has 4 rings (SSSR count). The minimum atomic E-state index is 0.331. The Labute approximate surface area is 115 Å². The third-order valence-electron chi connectivity index (χ3n) is 5.78. The highest BCUT2D eigenvalue weighted by atomic mass is 16.5. The largest absolute Gasteiger partial charge is 0.492 e. The van der Waals surface area contributed by atoms with Crippen molar-refractivity contribution in [3.8, 4) is 5.75 Å². The minimum absolute atomic E-state index is 0.331. The lowest BCUT2D eigenvalue weighted by Gasteiger charge is -2.53. The van der Waals surface area contributed by atoms with E-state index in [4.69, 9.17) is 4.74 Å². The van der Waals surface area contributed by atoms with Gasteiger partial charge in [-0.2, -0.15) is 0 Å². The number of fused-ring (bicyclic) bond motifs is 1. The zero-order valence-corrected chi connectivity index (χ0v) is 12.0. The van der Waals surface area contributed by atoms with E-state index < -0.39 is 0 Å².